The Morgan fingerprint density at radius 2 is 1.72 bits per heavy atom. The number of hydrogen-bond donors (Lipinski definition) is 1. The second kappa shape index (κ2) is 10.9. The first-order chi connectivity index (χ1) is 13.8. The van der Waals surface area contributed by atoms with Gasteiger partial charge in [-0.1, -0.05) is 48.0 Å². The quantitative estimate of drug-likeness (QED) is 0.536. The Balaban J connectivity index is 1.89. The SMILES string of the molecule is Cc1ccc(S(=O)(=O)CCC[C@@H]([N][C@H](C=O)CCc2ccccc2)C(=O)O)cc1. The van der Waals surface area contributed by atoms with E-state index in [9.17, 15) is 23.1 Å². The summed E-state index contributed by atoms with van der Waals surface area (Å²) in [4.78, 5) is 23.1. The number of carboxylic acids is 1. The molecule has 0 spiro atoms. The molecule has 0 aliphatic rings. The topological polar surface area (TPSA) is 103 Å². The van der Waals surface area contributed by atoms with Crippen LogP contribution in [0.15, 0.2) is 59.5 Å². The van der Waals surface area contributed by atoms with Crippen LogP contribution in [0.2, 0.25) is 0 Å². The van der Waals surface area contributed by atoms with Crippen LogP contribution in [0.1, 0.15) is 30.4 Å². The molecule has 0 fully saturated rings. The highest BCUT2D eigenvalue weighted by Crippen LogP contribution is 2.15. The van der Waals surface area contributed by atoms with Crippen LogP contribution in [-0.4, -0.2) is 43.6 Å². The number of aliphatic carboxylic acids is 1. The van der Waals surface area contributed by atoms with E-state index in [-0.39, 0.29) is 23.5 Å². The smallest absolute Gasteiger partial charge is 0.322 e. The third-order valence-electron chi connectivity index (χ3n) is 4.66. The summed E-state index contributed by atoms with van der Waals surface area (Å²) in [6, 6.07) is 14.3. The zero-order chi connectivity index (χ0) is 21.3. The normalized spacial score (nSPS) is 13.6. The molecule has 2 atom stereocenters. The van der Waals surface area contributed by atoms with Gasteiger partial charge in [-0.15, -0.1) is 0 Å². The summed E-state index contributed by atoms with van der Waals surface area (Å²) in [5.74, 6) is -1.31. The van der Waals surface area contributed by atoms with E-state index < -0.39 is 27.9 Å². The van der Waals surface area contributed by atoms with Crippen molar-refractivity contribution in [3.05, 3.63) is 65.7 Å². The summed E-state index contributed by atoms with van der Waals surface area (Å²) >= 11 is 0. The van der Waals surface area contributed by atoms with Crippen LogP contribution in [-0.2, 0) is 25.8 Å². The second-order valence-electron chi connectivity index (χ2n) is 7.00. The van der Waals surface area contributed by atoms with Crippen molar-refractivity contribution < 1.29 is 23.1 Å². The highest BCUT2D eigenvalue weighted by molar-refractivity contribution is 7.91. The maximum absolute atomic E-state index is 12.4. The third kappa shape index (κ3) is 7.44. The van der Waals surface area contributed by atoms with Crippen molar-refractivity contribution in [3.8, 4) is 0 Å². The van der Waals surface area contributed by atoms with E-state index >= 15 is 0 Å². The van der Waals surface area contributed by atoms with Crippen molar-refractivity contribution in [2.45, 2.75) is 49.6 Å². The molecule has 0 bridgehead atoms. The van der Waals surface area contributed by atoms with Gasteiger partial charge in [0.15, 0.2) is 9.84 Å². The number of aldehydes is 1. The number of hydrogen-bond acceptors (Lipinski definition) is 4. The molecular weight excluding hydrogens is 390 g/mol. The number of rotatable bonds is 12. The molecule has 0 aromatic heterocycles. The van der Waals surface area contributed by atoms with Crippen LogP contribution in [0.4, 0.5) is 0 Å². The van der Waals surface area contributed by atoms with Gasteiger partial charge in [0.05, 0.1) is 16.7 Å². The van der Waals surface area contributed by atoms with E-state index in [1.807, 2.05) is 37.3 Å². The van der Waals surface area contributed by atoms with Crippen LogP contribution in [0, 0.1) is 6.92 Å². The van der Waals surface area contributed by atoms with Gasteiger partial charge >= 0.3 is 5.97 Å². The first-order valence-electron chi connectivity index (χ1n) is 9.53. The fourth-order valence-electron chi connectivity index (χ4n) is 2.96. The van der Waals surface area contributed by atoms with E-state index in [4.69, 9.17) is 0 Å². The Bertz CT molecular complexity index is 895. The molecule has 2 aromatic rings. The lowest BCUT2D eigenvalue weighted by Crippen LogP contribution is -2.39. The standard InChI is InChI=1S/C22H26NO5S/c1-17-9-13-20(14-10-17)29(27,28)15-5-8-21(22(25)26)23-19(16-24)12-11-18-6-3-2-4-7-18/h2-4,6-7,9-10,13-14,16,19,21H,5,8,11-12,15H2,1H3,(H,25,26)/t19-,21+/m0/s1. The lowest BCUT2D eigenvalue weighted by molar-refractivity contribution is -0.140. The Labute approximate surface area is 171 Å². The summed E-state index contributed by atoms with van der Waals surface area (Å²) in [7, 11) is -3.48. The molecular formula is C22H26NO5S. The van der Waals surface area contributed by atoms with Gasteiger partial charge in [-0.3, -0.25) is 4.79 Å². The molecule has 0 unspecified atom stereocenters. The third-order valence-corrected chi connectivity index (χ3v) is 6.47. The number of carbonyl (C=O) groups excluding carboxylic acids is 1. The minimum Gasteiger partial charge on any atom is -0.480 e. The van der Waals surface area contributed by atoms with Gasteiger partial charge in [-0.25, -0.2) is 13.7 Å². The van der Waals surface area contributed by atoms with Gasteiger partial charge in [0, 0.05) is 0 Å². The van der Waals surface area contributed by atoms with Gasteiger partial charge < -0.3 is 9.90 Å². The molecule has 0 saturated heterocycles. The highest BCUT2D eigenvalue weighted by atomic mass is 32.2. The van der Waals surface area contributed by atoms with Crippen molar-refractivity contribution in [1.82, 2.24) is 5.32 Å². The molecule has 29 heavy (non-hydrogen) atoms. The first kappa shape index (κ1) is 22.8. The van der Waals surface area contributed by atoms with Crippen LogP contribution in [0.3, 0.4) is 0 Å². The molecule has 1 radical (unpaired) electrons. The van der Waals surface area contributed by atoms with Crippen molar-refractivity contribution in [2.75, 3.05) is 5.75 Å². The number of carbonyl (C=O) groups is 2. The van der Waals surface area contributed by atoms with Crippen LogP contribution in [0.25, 0.3) is 0 Å². The fourth-order valence-corrected chi connectivity index (χ4v) is 4.29. The summed E-state index contributed by atoms with van der Waals surface area (Å²) in [6.45, 7) is 1.87. The van der Waals surface area contributed by atoms with Crippen molar-refractivity contribution in [3.63, 3.8) is 0 Å². The Morgan fingerprint density at radius 3 is 2.31 bits per heavy atom. The molecule has 0 saturated carbocycles. The number of sulfone groups is 1. The largest absolute Gasteiger partial charge is 0.480 e. The fraction of sp³-hybridized carbons (Fsp3) is 0.364. The molecule has 7 heteroatoms. The maximum Gasteiger partial charge on any atom is 0.322 e. The van der Waals surface area contributed by atoms with Gasteiger partial charge in [0.1, 0.15) is 12.3 Å². The van der Waals surface area contributed by atoms with E-state index in [1.165, 1.54) is 0 Å². The summed E-state index contributed by atoms with van der Waals surface area (Å²) in [5.41, 5.74) is 2.01. The average molecular weight is 417 g/mol. The monoisotopic (exact) mass is 416 g/mol. The van der Waals surface area contributed by atoms with Crippen LogP contribution in [0.5, 0.6) is 0 Å². The Kier molecular flexibility index (Phi) is 8.54. The highest BCUT2D eigenvalue weighted by Gasteiger charge is 2.24. The average Bonchev–Trinajstić information content (AvgIpc) is 2.70. The summed E-state index contributed by atoms with van der Waals surface area (Å²) in [6.07, 6.45) is 1.90. The molecule has 155 valence electrons. The number of aryl methyl sites for hydroxylation is 2. The lowest BCUT2D eigenvalue weighted by atomic mass is 10.0. The van der Waals surface area contributed by atoms with Crippen molar-refractivity contribution in [1.29, 1.82) is 0 Å². The number of carboxylic acid groups (broad SMARTS) is 1. The lowest BCUT2D eigenvalue weighted by Gasteiger charge is -2.17. The van der Waals surface area contributed by atoms with Crippen molar-refractivity contribution in [2.24, 2.45) is 0 Å². The predicted octanol–water partition coefficient (Wildman–Crippen LogP) is 2.81. The van der Waals surface area contributed by atoms with E-state index in [0.717, 1.165) is 11.1 Å². The van der Waals surface area contributed by atoms with Gasteiger partial charge in [-0.05, 0) is 50.3 Å². The predicted molar refractivity (Wildman–Crippen MR) is 111 cm³/mol. The Morgan fingerprint density at radius 1 is 1.07 bits per heavy atom. The van der Waals surface area contributed by atoms with Crippen LogP contribution >= 0.6 is 0 Å². The zero-order valence-electron chi connectivity index (χ0n) is 16.4. The summed E-state index contributed by atoms with van der Waals surface area (Å²) < 4.78 is 24.8. The van der Waals surface area contributed by atoms with Crippen molar-refractivity contribution >= 4 is 22.1 Å². The van der Waals surface area contributed by atoms with E-state index in [0.29, 0.717) is 19.1 Å². The number of benzene rings is 2. The molecule has 0 aliphatic carbocycles. The minimum absolute atomic E-state index is 0.0656. The second-order valence-corrected chi connectivity index (χ2v) is 9.11. The zero-order valence-corrected chi connectivity index (χ0v) is 17.2. The maximum atomic E-state index is 12.4. The first-order valence-corrected chi connectivity index (χ1v) is 11.2. The molecule has 1 N–H and O–H groups in total. The molecule has 6 nitrogen and oxygen atoms in total. The van der Waals surface area contributed by atoms with E-state index in [2.05, 4.69) is 5.32 Å². The molecule has 0 heterocycles. The number of nitrogens with zero attached hydrogens (tertiary/aromatic N) is 1. The van der Waals surface area contributed by atoms with Gasteiger partial charge in [0.25, 0.3) is 0 Å². The van der Waals surface area contributed by atoms with Gasteiger partial charge in [0.2, 0.25) is 0 Å². The molecule has 0 amide bonds. The van der Waals surface area contributed by atoms with Gasteiger partial charge in [-0.2, -0.15) is 0 Å². The minimum atomic E-state index is -3.48. The summed E-state index contributed by atoms with van der Waals surface area (Å²) in [5, 5.41) is 13.6. The molecule has 2 rings (SSSR count). The van der Waals surface area contributed by atoms with Crippen LogP contribution < -0.4 is 5.32 Å². The Hall–Kier alpha value is -2.51. The molecule has 2 aromatic carbocycles. The molecule has 0 aliphatic heterocycles. The van der Waals surface area contributed by atoms with E-state index in [1.54, 1.807) is 24.3 Å².